The molecular weight excluding hydrogens is 304 g/mol. The summed E-state index contributed by atoms with van der Waals surface area (Å²) < 4.78 is 11.2. The first-order chi connectivity index (χ1) is 11.5. The van der Waals surface area contributed by atoms with Crippen molar-refractivity contribution in [2.75, 3.05) is 46.4 Å². The molecule has 2 heterocycles. The summed E-state index contributed by atoms with van der Waals surface area (Å²) in [5.74, 6) is 1.60. The smallest absolute Gasteiger partial charge is 0.182 e. The van der Waals surface area contributed by atoms with Crippen LogP contribution in [0.3, 0.4) is 0 Å². The normalized spacial score (nSPS) is 21.3. The average Bonchev–Trinajstić information content (AvgIpc) is 2.61. The second-order valence-corrected chi connectivity index (χ2v) is 7.00. The molecular formula is C19H28N2O3. The van der Waals surface area contributed by atoms with Crippen molar-refractivity contribution in [1.29, 1.82) is 0 Å². The fraction of sp³-hybridized carbons (Fsp3) is 0.632. The molecule has 132 valence electrons. The summed E-state index contributed by atoms with van der Waals surface area (Å²) in [6.07, 6.45) is 1.85. The minimum Gasteiger partial charge on any atom is -0.486 e. The van der Waals surface area contributed by atoms with E-state index in [1.54, 1.807) is 0 Å². The van der Waals surface area contributed by atoms with Crippen LogP contribution in [0, 0.1) is 0 Å². The lowest BCUT2D eigenvalue weighted by atomic mass is 9.84. The number of rotatable bonds is 5. The lowest BCUT2D eigenvalue weighted by Gasteiger charge is -2.44. The molecule has 1 unspecified atom stereocenters. The number of carbonyl (C=O) groups excluding carboxylic acids is 1. The van der Waals surface area contributed by atoms with Crippen LogP contribution in [0.4, 0.5) is 0 Å². The largest absolute Gasteiger partial charge is 0.486 e. The Hall–Kier alpha value is -1.59. The van der Waals surface area contributed by atoms with E-state index in [0.717, 1.165) is 44.8 Å². The Morgan fingerprint density at radius 1 is 1.12 bits per heavy atom. The average molecular weight is 332 g/mol. The second-order valence-electron chi connectivity index (χ2n) is 7.00. The van der Waals surface area contributed by atoms with Crippen molar-refractivity contribution in [3.8, 4) is 11.5 Å². The molecule has 0 saturated carbocycles. The Kier molecular flexibility index (Phi) is 5.11. The highest BCUT2D eigenvalue weighted by Gasteiger charge is 2.40. The molecule has 0 radical (unpaired) electrons. The zero-order valence-corrected chi connectivity index (χ0v) is 15.0. The van der Waals surface area contributed by atoms with Crippen molar-refractivity contribution in [3.05, 3.63) is 23.8 Å². The number of hydrogen-bond acceptors (Lipinski definition) is 5. The summed E-state index contributed by atoms with van der Waals surface area (Å²) in [4.78, 5) is 18.0. The molecule has 5 heteroatoms. The van der Waals surface area contributed by atoms with Gasteiger partial charge in [-0.2, -0.15) is 0 Å². The molecule has 2 aliphatic rings. The number of carbonyl (C=O) groups is 1. The van der Waals surface area contributed by atoms with Crippen LogP contribution in [0.5, 0.6) is 11.5 Å². The summed E-state index contributed by atoms with van der Waals surface area (Å²) in [6.45, 7) is 9.23. The molecule has 1 aromatic rings. The van der Waals surface area contributed by atoms with Gasteiger partial charge in [-0.15, -0.1) is 0 Å². The minimum atomic E-state index is -0.459. The Balaban J connectivity index is 1.86. The van der Waals surface area contributed by atoms with Crippen molar-refractivity contribution >= 4 is 5.78 Å². The van der Waals surface area contributed by atoms with E-state index in [1.807, 2.05) is 18.2 Å². The van der Waals surface area contributed by atoms with E-state index in [2.05, 4.69) is 30.7 Å². The van der Waals surface area contributed by atoms with Crippen molar-refractivity contribution < 1.29 is 14.3 Å². The van der Waals surface area contributed by atoms with E-state index >= 15 is 0 Å². The third-order valence-corrected chi connectivity index (χ3v) is 5.23. The van der Waals surface area contributed by atoms with E-state index in [0.29, 0.717) is 24.5 Å². The molecule has 24 heavy (non-hydrogen) atoms. The van der Waals surface area contributed by atoms with E-state index in [4.69, 9.17) is 9.47 Å². The summed E-state index contributed by atoms with van der Waals surface area (Å²) in [5, 5.41) is 0. The second kappa shape index (κ2) is 7.11. The van der Waals surface area contributed by atoms with Gasteiger partial charge in [0.2, 0.25) is 0 Å². The molecule has 0 aliphatic carbocycles. The molecule has 0 N–H and O–H groups in total. The molecule has 5 nitrogen and oxygen atoms in total. The summed E-state index contributed by atoms with van der Waals surface area (Å²) >= 11 is 0. The number of fused-ring (bicyclic) bond motifs is 1. The highest BCUT2D eigenvalue weighted by Crippen LogP contribution is 2.34. The molecule has 0 aromatic heterocycles. The van der Waals surface area contributed by atoms with E-state index in [1.165, 1.54) is 0 Å². The predicted octanol–water partition coefficient (Wildman–Crippen LogP) is 2.45. The molecule has 0 bridgehead atoms. The SMILES string of the molecule is CCCC(C)(C(=O)c1ccc2c(c1)OCCO2)N1CCN(C)CC1. The number of ether oxygens (including phenoxy) is 2. The number of Topliss-reactive ketones (excluding diaryl/α,β-unsaturated/α-hetero) is 1. The first-order valence-electron chi connectivity index (χ1n) is 8.92. The first kappa shape index (κ1) is 17.2. The van der Waals surface area contributed by atoms with E-state index < -0.39 is 5.54 Å². The Morgan fingerprint density at radius 3 is 2.46 bits per heavy atom. The van der Waals surface area contributed by atoms with Gasteiger partial charge in [0.15, 0.2) is 17.3 Å². The Bertz CT molecular complexity index is 596. The fourth-order valence-electron chi connectivity index (χ4n) is 3.70. The van der Waals surface area contributed by atoms with Gasteiger partial charge in [0.25, 0.3) is 0 Å². The number of ketones is 1. The molecule has 1 aromatic carbocycles. The molecule has 1 saturated heterocycles. The number of likely N-dealkylation sites (N-methyl/N-ethyl adjacent to an activating group) is 1. The van der Waals surface area contributed by atoms with Crippen LogP contribution < -0.4 is 9.47 Å². The monoisotopic (exact) mass is 332 g/mol. The zero-order valence-electron chi connectivity index (χ0n) is 15.0. The summed E-state index contributed by atoms with van der Waals surface area (Å²) in [5.41, 5.74) is 0.258. The fourth-order valence-corrected chi connectivity index (χ4v) is 3.70. The number of piperazine rings is 1. The van der Waals surface area contributed by atoms with Gasteiger partial charge in [-0.05, 0) is 38.6 Å². The highest BCUT2D eigenvalue weighted by molar-refractivity contribution is 6.03. The highest BCUT2D eigenvalue weighted by atomic mass is 16.6. The maximum absolute atomic E-state index is 13.4. The molecule has 2 aliphatic heterocycles. The van der Waals surface area contributed by atoms with E-state index in [9.17, 15) is 4.79 Å². The minimum absolute atomic E-state index is 0.186. The first-order valence-corrected chi connectivity index (χ1v) is 8.92. The van der Waals surface area contributed by atoms with Crippen LogP contribution in [0.25, 0.3) is 0 Å². The van der Waals surface area contributed by atoms with Crippen molar-refractivity contribution in [2.45, 2.75) is 32.2 Å². The van der Waals surface area contributed by atoms with Gasteiger partial charge in [0.05, 0.1) is 5.54 Å². The van der Waals surface area contributed by atoms with Crippen LogP contribution in [0.15, 0.2) is 18.2 Å². The lowest BCUT2D eigenvalue weighted by Crippen LogP contribution is -2.58. The van der Waals surface area contributed by atoms with Crippen molar-refractivity contribution in [2.24, 2.45) is 0 Å². The lowest BCUT2D eigenvalue weighted by molar-refractivity contribution is 0.0361. The number of benzene rings is 1. The van der Waals surface area contributed by atoms with Gasteiger partial charge in [0, 0.05) is 31.7 Å². The molecule has 1 atom stereocenters. The molecule has 3 rings (SSSR count). The summed E-state index contributed by atoms with van der Waals surface area (Å²) in [7, 11) is 2.14. The van der Waals surface area contributed by atoms with Gasteiger partial charge < -0.3 is 14.4 Å². The quantitative estimate of drug-likeness (QED) is 0.775. The van der Waals surface area contributed by atoms with Gasteiger partial charge >= 0.3 is 0 Å². The van der Waals surface area contributed by atoms with Gasteiger partial charge in [-0.1, -0.05) is 13.3 Å². The van der Waals surface area contributed by atoms with E-state index in [-0.39, 0.29) is 5.78 Å². The Morgan fingerprint density at radius 2 is 1.79 bits per heavy atom. The van der Waals surface area contributed by atoms with Gasteiger partial charge in [-0.25, -0.2) is 0 Å². The van der Waals surface area contributed by atoms with Crippen LogP contribution in [-0.2, 0) is 0 Å². The molecule has 1 fully saturated rings. The number of nitrogens with zero attached hydrogens (tertiary/aromatic N) is 2. The van der Waals surface area contributed by atoms with Crippen LogP contribution in [-0.4, -0.2) is 67.6 Å². The van der Waals surface area contributed by atoms with Crippen LogP contribution in [0.2, 0.25) is 0 Å². The third-order valence-electron chi connectivity index (χ3n) is 5.23. The predicted molar refractivity (Wildman–Crippen MR) is 94.1 cm³/mol. The van der Waals surface area contributed by atoms with Crippen LogP contribution in [0.1, 0.15) is 37.0 Å². The number of hydrogen-bond donors (Lipinski definition) is 0. The summed E-state index contributed by atoms with van der Waals surface area (Å²) in [6, 6.07) is 5.58. The maximum Gasteiger partial charge on any atom is 0.182 e. The topological polar surface area (TPSA) is 42.0 Å². The molecule has 0 spiro atoms. The van der Waals surface area contributed by atoms with Crippen molar-refractivity contribution in [1.82, 2.24) is 9.80 Å². The van der Waals surface area contributed by atoms with Crippen LogP contribution >= 0.6 is 0 Å². The standard InChI is InChI=1S/C19H28N2O3/c1-4-7-19(2,21-10-8-20(3)9-11-21)18(22)15-5-6-16-17(14-15)24-13-12-23-16/h5-6,14H,4,7-13H2,1-3H3. The maximum atomic E-state index is 13.4. The zero-order chi connectivity index (χ0) is 17.2. The third kappa shape index (κ3) is 3.28. The van der Waals surface area contributed by atoms with Gasteiger partial charge in [0.1, 0.15) is 13.2 Å². The van der Waals surface area contributed by atoms with Crippen molar-refractivity contribution in [3.63, 3.8) is 0 Å². The Labute approximate surface area is 144 Å². The molecule has 0 amide bonds. The van der Waals surface area contributed by atoms with Gasteiger partial charge in [-0.3, -0.25) is 9.69 Å².